The summed E-state index contributed by atoms with van der Waals surface area (Å²) >= 11 is 0. The number of hydrogen-bond acceptors (Lipinski definition) is 3. The van der Waals surface area contributed by atoms with Crippen molar-refractivity contribution in [3.63, 3.8) is 0 Å². The molecule has 29 heavy (non-hydrogen) atoms. The first-order valence-corrected chi connectivity index (χ1v) is 10.5. The molecule has 0 aliphatic carbocycles. The van der Waals surface area contributed by atoms with E-state index in [0.717, 1.165) is 36.1 Å². The van der Waals surface area contributed by atoms with Crippen molar-refractivity contribution in [2.24, 2.45) is 10.9 Å². The smallest absolute Gasteiger partial charge is 0.194 e. The summed E-state index contributed by atoms with van der Waals surface area (Å²) in [6.45, 7) is 10.4. The highest BCUT2D eigenvalue weighted by molar-refractivity contribution is 14.0. The molecule has 1 atom stereocenters. The van der Waals surface area contributed by atoms with Crippen LogP contribution >= 0.6 is 24.0 Å². The summed E-state index contributed by atoms with van der Waals surface area (Å²) < 4.78 is 0. The standard InChI is InChI=1S/C22H34N6.HI/c1-4-12-28-13-11-18(16-28)14-25-22(23-5-2)27(3)17-21-24-15-20(26-21)19-9-7-6-8-10-19;/h6-10,15,18H,4-5,11-14,16-17H2,1-3H3,(H,23,25)(H,24,26);1H. The number of imidazole rings is 1. The molecule has 7 heteroatoms. The van der Waals surface area contributed by atoms with Gasteiger partial charge in [0.25, 0.3) is 0 Å². The minimum Gasteiger partial charge on any atom is -0.357 e. The highest BCUT2D eigenvalue weighted by Gasteiger charge is 2.21. The Kier molecular flexibility index (Phi) is 9.93. The molecule has 0 spiro atoms. The van der Waals surface area contributed by atoms with Gasteiger partial charge in [-0.15, -0.1) is 24.0 Å². The minimum absolute atomic E-state index is 0. The molecular formula is C22H35IN6. The van der Waals surface area contributed by atoms with Gasteiger partial charge in [0.2, 0.25) is 0 Å². The van der Waals surface area contributed by atoms with E-state index in [9.17, 15) is 0 Å². The Morgan fingerprint density at radius 3 is 2.83 bits per heavy atom. The van der Waals surface area contributed by atoms with E-state index in [1.54, 1.807) is 0 Å². The van der Waals surface area contributed by atoms with Gasteiger partial charge in [-0.25, -0.2) is 4.98 Å². The van der Waals surface area contributed by atoms with E-state index in [-0.39, 0.29) is 24.0 Å². The third kappa shape index (κ3) is 6.99. The van der Waals surface area contributed by atoms with Crippen molar-refractivity contribution in [2.45, 2.75) is 33.2 Å². The molecule has 2 heterocycles. The molecule has 6 nitrogen and oxygen atoms in total. The Balaban J connectivity index is 0.00000300. The number of nitrogens with zero attached hydrogens (tertiary/aromatic N) is 4. The quantitative estimate of drug-likeness (QED) is 0.322. The topological polar surface area (TPSA) is 59.5 Å². The number of benzene rings is 1. The second-order valence-electron chi connectivity index (χ2n) is 7.62. The third-order valence-electron chi connectivity index (χ3n) is 5.21. The SMILES string of the molecule is CCCN1CCC(CN=C(NCC)N(C)Cc2ncc(-c3ccccc3)[nH]2)C1.I. The monoisotopic (exact) mass is 510 g/mol. The lowest BCUT2D eigenvalue weighted by Crippen LogP contribution is -2.39. The second kappa shape index (κ2) is 12.2. The van der Waals surface area contributed by atoms with Crippen molar-refractivity contribution in [2.75, 3.05) is 39.8 Å². The van der Waals surface area contributed by atoms with Crippen LogP contribution in [0.25, 0.3) is 11.3 Å². The summed E-state index contributed by atoms with van der Waals surface area (Å²) in [4.78, 5) is 17.6. The fourth-order valence-electron chi connectivity index (χ4n) is 3.77. The van der Waals surface area contributed by atoms with Crippen molar-refractivity contribution in [1.82, 2.24) is 25.1 Å². The Labute approximate surface area is 192 Å². The predicted molar refractivity (Wildman–Crippen MR) is 132 cm³/mol. The number of likely N-dealkylation sites (tertiary alicyclic amines) is 1. The van der Waals surface area contributed by atoms with Crippen molar-refractivity contribution in [3.05, 3.63) is 42.4 Å². The third-order valence-corrected chi connectivity index (χ3v) is 5.21. The van der Waals surface area contributed by atoms with Crippen LogP contribution in [0.4, 0.5) is 0 Å². The number of aromatic amines is 1. The predicted octanol–water partition coefficient (Wildman–Crippen LogP) is 3.82. The molecule has 1 aliphatic rings. The largest absolute Gasteiger partial charge is 0.357 e. The number of guanidine groups is 1. The fourth-order valence-corrected chi connectivity index (χ4v) is 3.77. The molecular weight excluding hydrogens is 475 g/mol. The van der Waals surface area contributed by atoms with Crippen molar-refractivity contribution in [1.29, 1.82) is 0 Å². The van der Waals surface area contributed by atoms with E-state index in [4.69, 9.17) is 4.99 Å². The lowest BCUT2D eigenvalue weighted by Gasteiger charge is -2.21. The van der Waals surface area contributed by atoms with Gasteiger partial charge >= 0.3 is 0 Å². The minimum atomic E-state index is 0. The summed E-state index contributed by atoms with van der Waals surface area (Å²) in [5, 5.41) is 3.42. The van der Waals surface area contributed by atoms with Crippen molar-refractivity contribution >= 4 is 29.9 Å². The summed E-state index contributed by atoms with van der Waals surface area (Å²) in [5.41, 5.74) is 2.20. The fraction of sp³-hybridized carbons (Fsp3) is 0.545. The number of aliphatic imine (C=N–C) groups is 1. The normalized spacial score (nSPS) is 17.2. The molecule has 1 saturated heterocycles. The van der Waals surface area contributed by atoms with Gasteiger partial charge in [-0.1, -0.05) is 37.3 Å². The lowest BCUT2D eigenvalue weighted by molar-refractivity contribution is 0.326. The molecule has 0 amide bonds. The first-order chi connectivity index (χ1) is 13.7. The Bertz CT molecular complexity index is 745. The van der Waals surface area contributed by atoms with E-state index >= 15 is 0 Å². The van der Waals surface area contributed by atoms with E-state index in [1.807, 2.05) is 24.4 Å². The van der Waals surface area contributed by atoms with Gasteiger partial charge in [-0.2, -0.15) is 0 Å². The van der Waals surface area contributed by atoms with Crippen LogP contribution in [0.15, 0.2) is 41.5 Å². The number of nitrogens with one attached hydrogen (secondary N) is 2. The zero-order valence-corrected chi connectivity index (χ0v) is 20.2. The zero-order valence-electron chi connectivity index (χ0n) is 17.9. The van der Waals surface area contributed by atoms with E-state index in [0.29, 0.717) is 12.5 Å². The Hall–Kier alpha value is -1.61. The van der Waals surface area contributed by atoms with Crippen LogP contribution in [-0.4, -0.2) is 65.5 Å². The average molecular weight is 510 g/mol. The van der Waals surface area contributed by atoms with Gasteiger partial charge < -0.3 is 20.1 Å². The van der Waals surface area contributed by atoms with Crippen LogP contribution < -0.4 is 5.32 Å². The van der Waals surface area contributed by atoms with Crippen LogP contribution in [0.2, 0.25) is 0 Å². The van der Waals surface area contributed by atoms with Gasteiger partial charge in [0.05, 0.1) is 18.4 Å². The molecule has 0 radical (unpaired) electrons. The number of aromatic nitrogens is 2. The Morgan fingerprint density at radius 2 is 2.10 bits per heavy atom. The average Bonchev–Trinajstić information content (AvgIpc) is 3.36. The molecule has 1 fully saturated rings. The van der Waals surface area contributed by atoms with Gasteiger partial charge in [0, 0.05) is 26.7 Å². The maximum absolute atomic E-state index is 4.91. The van der Waals surface area contributed by atoms with Gasteiger partial charge in [-0.05, 0) is 44.3 Å². The maximum Gasteiger partial charge on any atom is 0.194 e. The van der Waals surface area contributed by atoms with Gasteiger partial charge in [0.1, 0.15) is 5.82 Å². The second-order valence-corrected chi connectivity index (χ2v) is 7.62. The van der Waals surface area contributed by atoms with E-state index < -0.39 is 0 Å². The first kappa shape index (κ1) is 23.7. The van der Waals surface area contributed by atoms with Crippen LogP contribution in [0.1, 0.15) is 32.5 Å². The summed E-state index contributed by atoms with van der Waals surface area (Å²) in [6.07, 6.45) is 4.39. The number of rotatable bonds is 8. The van der Waals surface area contributed by atoms with E-state index in [2.05, 4.69) is 58.1 Å². The van der Waals surface area contributed by atoms with Crippen molar-refractivity contribution < 1.29 is 0 Å². The molecule has 160 valence electrons. The number of halogens is 1. The highest BCUT2D eigenvalue weighted by Crippen LogP contribution is 2.18. The van der Waals surface area contributed by atoms with Crippen LogP contribution in [0.5, 0.6) is 0 Å². The molecule has 1 aliphatic heterocycles. The first-order valence-electron chi connectivity index (χ1n) is 10.5. The summed E-state index contributed by atoms with van der Waals surface area (Å²) in [5.74, 6) is 2.57. The summed E-state index contributed by atoms with van der Waals surface area (Å²) in [7, 11) is 2.07. The van der Waals surface area contributed by atoms with Crippen LogP contribution in [0.3, 0.4) is 0 Å². The molecule has 2 aromatic rings. The number of H-pyrrole nitrogens is 1. The van der Waals surface area contributed by atoms with Gasteiger partial charge in [-0.3, -0.25) is 4.99 Å². The van der Waals surface area contributed by atoms with Crippen LogP contribution in [0, 0.1) is 5.92 Å². The molecule has 1 aromatic heterocycles. The molecule has 1 aromatic carbocycles. The lowest BCUT2D eigenvalue weighted by atomic mass is 10.1. The summed E-state index contributed by atoms with van der Waals surface area (Å²) in [6, 6.07) is 10.3. The molecule has 1 unspecified atom stereocenters. The molecule has 0 saturated carbocycles. The maximum atomic E-state index is 4.91. The highest BCUT2D eigenvalue weighted by atomic mass is 127. The molecule has 0 bridgehead atoms. The van der Waals surface area contributed by atoms with Gasteiger partial charge in [0.15, 0.2) is 5.96 Å². The van der Waals surface area contributed by atoms with E-state index in [1.165, 1.54) is 32.5 Å². The van der Waals surface area contributed by atoms with Crippen molar-refractivity contribution in [3.8, 4) is 11.3 Å². The zero-order chi connectivity index (χ0) is 19.8. The number of hydrogen-bond donors (Lipinski definition) is 2. The Morgan fingerprint density at radius 1 is 1.31 bits per heavy atom. The molecule has 2 N–H and O–H groups in total. The van der Waals surface area contributed by atoms with Crippen LogP contribution in [-0.2, 0) is 6.54 Å². The molecule has 3 rings (SSSR count).